The minimum Gasteiger partial charge on any atom is -0.508 e. The molecular formula is C39H43ClN8O5. The fourth-order valence-corrected chi connectivity index (χ4v) is 6.09. The number of ether oxygens (including phenoxy) is 2. The molecule has 0 unspecified atom stereocenters. The standard InChI is InChI=1S/C39H43ClN8O5/c1-5-31-34(26(2)12-7-6-8-17-33(50)46(18-20-52-3)19-21-53-4)39(51)47(23-28-13-9-10-16-30(28)40)32(44-31)24-48-38-35(37(41)42-25-43-38)36(45-48)27-14-11-15-29(49)22-27/h5,9-11,13-16,22,25,49H,6,8,17-21,23-24H2,1-4H3,(H2,41,42,43). The molecule has 0 bridgehead atoms. The number of anilines is 1. The fraction of sp³-hybridized carbons (Fsp3) is 0.333. The number of hydrogen-bond donors (Lipinski definition) is 2. The van der Waals surface area contributed by atoms with Crippen molar-refractivity contribution in [2.75, 3.05) is 46.3 Å². The number of aromatic hydroxyl groups is 1. The maximum Gasteiger partial charge on any atom is 0.262 e. The lowest BCUT2D eigenvalue weighted by Crippen LogP contribution is -2.49. The Labute approximate surface area is 312 Å². The molecular weight excluding hydrogens is 696 g/mol. The molecule has 0 aliphatic carbocycles. The summed E-state index contributed by atoms with van der Waals surface area (Å²) in [6, 6.07) is 14.0. The first-order valence-corrected chi connectivity index (χ1v) is 17.6. The number of nitrogens with two attached hydrogens (primary N) is 1. The third-order valence-electron chi connectivity index (χ3n) is 8.63. The summed E-state index contributed by atoms with van der Waals surface area (Å²) in [6.45, 7) is 5.68. The van der Waals surface area contributed by atoms with E-state index in [-0.39, 0.29) is 36.1 Å². The number of phenolic OH excluding ortho intramolecular Hbond substituents is 1. The zero-order valence-electron chi connectivity index (χ0n) is 30.3. The molecule has 0 atom stereocenters. The van der Waals surface area contributed by atoms with Gasteiger partial charge in [0.1, 0.15) is 36.0 Å². The Morgan fingerprint density at radius 2 is 1.83 bits per heavy atom. The minimum absolute atomic E-state index is 0.0138. The van der Waals surface area contributed by atoms with Gasteiger partial charge < -0.3 is 25.2 Å². The topological polar surface area (TPSA) is 164 Å². The quantitative estimate of drug-likeness (QED) is 0.128. The summed E-state index contributed by atoms with van der Waals surface area (Å²) in [5.41, 5.74) is 8.86. The predicted octanol–water partition coefficient (Wildman–Crippen LogP) is 3.35. The van der Waals surface area contributed by atoms with Gasteiger partial charge in [-0.3, -0.25) is 14.2 Å². The molecule has 0 saturated carbocycles. The monoisotopic (exact) mass is 738 g/mol. The molecule has 0 spiro atoms. The maximum atomic E-state index is 14.5. The molecule has 3 aromatic heterocycles. The molecule has 0 fully saturated rings. The number of nitrogen functional groups attached to an aromatic ring is 1. The number of benzene rings is 2. The SMILES string of the molecule is CC=c1nc(Cn2nc(-c3cccc(O)c3)c3c(N)ncnc32)n(Cc2ccccc2Cl)c(=O)c1=C(C)C#CCCCC(=O)N(CCOC)CCOC. The van der Waals surface area contributed by atoms with Crippen LogP contribution in [0.3, 0.4) is 0 Å². The van der Waals surface area contributed by atoms with E-state index in [4.69, 9.17) is 36.9 Å². The normalized spacial score (nSPS) is 12.1. The Morgan fingerprint density at radius 3 is 2.53 bits per heavy atom. The number of aromatic nitrogens is 6. The molecule has 53 heavy (non-hydrogen) atoms. The van der Waals surface area contributed by atoms with E-state index in [1.807, 2.05) is 25.1 Å². The van der Waals surface area contributed by atoms with Crippen molar-refractivity contribution in [3.8, 4) is 28.8 Å². The van der Waals surface area contributed by atoms with Gasteiger partial charge in [-0.05, 0) is 44.0 Å². The van der Waals surface area contributed by atoms with Crippen LogP contribution in [0.2, 0.25) is 5.02 Å². The number of halogens is 1. The van der Waals surface area contributed by atoms with Crippen molar-refractivity contribution < 1.29 is 19.4 Å². The van der Waals surface area contributed by atoms with Crippen LogP contribution in [-0.2, 0) is 27.4 Å². The smallest absolute Gasteiger partial charge is 0.262 e. The third kappa shape index (κ3) is 9.28. The van der Waals surface area contributed by atoms with Gasteiger partial charge in [-0.25, -0.2) is 19.6 Å². The van der Waals surface area contributed by atoms with Crippen LogP contribution in [0.4, 0.5) is 5.82 Å². The fourth-order valence-electron chi connectivity index (χ4n) is 5.90. The molecule has 14 heteroatoms. The van der Waals surface area contributed by atoms with Crippen LogP contribution in [-0.4, -0.2) is 85.7 Å². The van der Waals surface area contributed by atoms with Crippen molar-refractivity contribution in [2.24, 2.45) is 0 Å². The van der Waals surface area contributed by atoms with E-state index in [1.165, 1.54) is 6.33 Å². The van der Waals surface area contributed by atoms with Gasteiger partial charge in [-0.15, -0.1) is 0 Å². The van der Waals surface area contributed by atoms with Crippen molar-refractivity contribution in [3.63, 3.8) is 0 Å². The van der Waals surface area contributed by atoms with Crippen LogP contribution in [0.1, 0.15) is 44.5 Å². The average Bonchev–Trinajstić information content (AvgIpc) is 3.52. The highest BCUT2D eigenvalue weighted by Crippen LogP contribution is 2.31. The van der Waals surface area contributed by atoms with Gasteiger partial charge in [0.25, 0.3) is 5.56 Å². The van der Waals surface area contributed by atoms with Crippen LogP contribution in [0.5, 0.6) is 5.75 Å². The molecule has 276 valence electrons. The lowest BCUT2D eigenvalue weighted by molar-refractivity contribution is -0.132. The first-order chi connectivity index (χ1) is 25.7. The first kappa shape index (κ1) is 38.7. The van der Waals surface area contributed by atoms with Gasteiger partial charge in [0.15, 0.2) is 5.65 Å². The van der Waals surface area contributed by atoms with Crippen molar-refractivity contribution in [1.29, 1.82) is 0 Å². The summed E-state index contributed by atoms with van der Waals surface area (Å²) >= 11 is 6.59. The molecule has 0 saturated heterocycles. The third-order valence-corrected chi connectivity index (χ3v) is 9.00. The highest BCUT2D eigenvalue weighted by Gasteiger charge is 2.20. The predicted molar refractivity (Wildman–Crippen MR) is 205 cm³/mol. The summed E-state index contributed by atoms with van der Waals surface area (Å²) in [5.74, 6) is 7.01. The van der Waals surface area contributed by atoms with E-state index in [0.717, 1.165) is 5.56 Å². The van der Waals surface area contributed by atoms with E-state index in [1.54, 1.807) is 71.7 Å². The van der Waals surface area contributed by atoms with Crippen molar-refractivity contribution in [3.05, 3.63) is 92.2 Å². The lowest BCUT2D eigenvalue weighted by atomic mass is 10.1. The van der Waals surface area contributed by atoms with E-state index in [2.05, 4.69) is 21.8 Å². The van der Waals surface area contributed by atoms with Crippen molar-refractivity contribution >= 4 is 46.0 Å². The van der Waals surface area contributed by atoms with Crippen molar-refractivity contribution in [1.82, 2.24) is 34.2 Å². The molecule has 5 rings (SSSR count). The average molecular weight is 739 g/mol. The molecule has 5 aromatic rings. The lowest BCUT2D eigenvalue weighted by Gasteiger charge is -2.21. The maximum absolute atomic E-state index is 14.5. The largest absolute Gasteiger partial charge is 0.508 e. The summed E-state index contributed by atoms with van der Waals surface area (Å²) < 4.78 is 13.5. The van der Waals surface area contributed by atoms with Crippen LogP contribution >= 0.6 is 11.6 Å². The second-order valence-corrected chi connectivity index (χ2v) is 12.6. The Balaban J connectivity index is 1.54. The van der Waals surface area contributed by atoms with Crippen LogP contribution in [0.15, 0.2) is 59.7 Å². The number of carbonyl (C=O) groups is 1. The molecule has 0 radical (unpaired) electrons. The number of amides is 1. The van der Waals surface area contributed by atoms with E-state index in [0.29, 0.717) is 94.8 Å². The number of rotatable bonds is 14. The zero-order chi connectivity index (χ0) is 37.9. The van der Waals surface area contributed by atoms with Crippen molar-refractivity contribution in [2.45, 2.75) is 46.2 Å². The molecule has 3 N–H and O–H groups in total. The molecule has 2 aromatic carbocycles. The van der Waals surface area contributed by atoms with E-state index in [9.17, 15) is 14.7 Å². The van der Waals surface area contributed by atoms with Crippen LogP contribution in [0, 0.1) is 11.8 Å². The zero-order valence-corrected chi connectivity index (χ0v) is 31.1. The van der Waals surface area contributed by atoms with Gasteiger partial charge in [0.2, 0.25) is 5.91 Å². The van der Waals surface area contributed by atoms with E-state index >= 15 is 0 Å². The highest BCUT2D eigenvalue weighted by atomic mass is 35.5. The van der Waals surface area contributed by atoms with Gasteiger partial charge in [0.05, 0.1) is 35.7 Å². The number of unbranched alkanes of at least 4 members (excludes halogenated alkanes) is 1. The summed E-state index contributed by atoms with van der Waals surface area (Å²) in [7, 11) is 3.21. The van der Waals surface area contributed by atoms with Gasteiger partial charge in [0, 0.05) is 56.3 Å². The Hall–Kier alpha value is -5.55. The number of carbonyl (C=O) groups excluding carboxylic acids is 1. The Kier molecular flexibility index (Phi) is 13.3. The Morgan fingerprint density at radius 1 is 1.08 bits per heavy atom. The second kappa shape index (κ2) is 18.3. The van der Waals surface area contributed by atoms with Crippen LogP contribution in [0.25, 0.3) is 33.9 Å². The first-order valence-electron chi connectivity index (χ1n) is 17.2. The molecule has 1 amide bonds. The molecule has 3 heterocycles. The number of phenols is 1. The number of hydrogen-bond acceptors (Lipinski definition) is 10. The van der Waals surface area contributed by atoms with Crippen LogP contribution < -0.4 is 21.9 Å². The number of fused-ring (bicyclic) bond motifs is 1. The molecule has 13 nitrogen and oxygen atoms in total. The summed E-state index contributed by atoms with van der Waals surface area (Å²) in [6.07, 6.45) is 4.49. The van der Waals surface area contributed by atoms with Gasteiger partial charge >= 0.3 is 0 Å². The molecule has 0 aliphatic rings. The second-order valence-electron chi connectivity index (χ2n) is 12.2. The van der Waals surface area contributed by atoms with Gasteiger partial charge in [-0.2, -0.15) is 5.10 Å². The molecule has 0 aliphatic heterocycles. The number of nitrogens with zero attached hydrogens (tertiary/aromatic N) is 7. The Bertz CT molecular complexity index is 2340. The summed E-state index contributed by atoms with van der Waals surface area (Å²) in [4.78, 5) is 42.7. The minimum atomic E-state index is -0.296. The van der Waals surface area contributed by atoms with Gasteiger partial charge in [-0.1, -0.05) is 59.8 Å². The highest BCUT2D eigenvalue weighted by molar-refractivity contribution is 6.31. The number of methoxy groups -OCH3 is 2. The van der Waals surface area contributed by atoms with E-state index < -0.39 is 0 Å². The summed E-state index contributed by atoms with van der Waals surface area (Å²) in [5, 5.41) is 16.9.